The van der Waals surface area contributed by atoms with Crippen LogP contribution in [0, 0.1) is 6.92 Å². The van der Waals surface area contributed by atoms with E-state index in [0.717, 1.165) is 37.8 Å². The van der Waals surface area contributed by atoms with Gasteiger partial charge in [-0.2, -0.15) is 0 Å². The van der Waals surface area contributed by atoms with E-state index in [1.807, 2.05) is 18.2 Å². The molecule has 1 rings (SSSR count). The average molecular weight is 245 g/mol. The topological polar surface area (TPSA) is 35.2 Å². The summed E-state index contributed by atoms with van der Waals surface area (Å²) < 4.78 is 5.72. The molecule has 1 unspecified atom stereocenters. The number of aryl methyl sites for hydroxylation is 1. The summed E-state index contributed by atoms with van der Waals surface area (Å²) in [6.45, 7) is 4.81. The van der Waals surface area contributed by atoms with Crippen LogP contribution in [0.25, 0.3) is 0 Å². The van der Waals surface area contributed by atoms with E-state index in [1.54, 1.807) is 0 Å². The molecule has 0 aliphatic heterocycles. The Morgan fingerprint density at radius 2 is 2.06 bits per heavy atom. The van der Waals surface area contributed by atoms with Crippen molar-refractivity contribution in [2.45, 2.75) is 51.4 Å². The third kappa shape index (κ3) is 6.11. The first-order valence-corrected chi connectivity index (χ1v) is 6.72. The second kappa shape index (κ2) is 7.47. The maximum Gasteiger partial charge on any atom is 0.119 e. The number of hydrogen-bond acceptors (Lipinski definition) is 2. The van der Waals surface area contributed by atoms with Crippen LogP contribution in [0.5, 0.6) is 5.75 Å². The van der Waals surface area contributed by atoms with E-state index in [-0.39, 0.29) is 5.54 Å². The van der Waals surface area contributed by atoms with E-state index in [2.05, 4.69) is 19.9 Å². The van der Waals surface area contributed by atoms with Crippen molar-refractivity contribution in [3.05, 3.63) is 29.8 Å². The lowest BCUT2D eigenvalue weighted by Crippen LogP contribution is -2.37. The van der Waals surface area contributed by atoms with Gasteiger partial charge in [0.1, 0.15) is 5.75 Å². The zero-order chi connectivity index (χ0) is 13.4. The largest absolute Gasteiger partial charge is 0.494 e. The minimum atomic E-state index is -0.154. The number of benzene rings is 1. The monoisotopic (exact) mass is 245 g/mol. The van der Waals surface area contributed by atoms with Gasteiger partial charge in [-0.3, -0.25) is 0 Å². The summed E-state index contributed by atoms with van der Waals surface area (Å²) in [7, 11) is 5.48. The Morgan fingerprint density at radius 1 is 1.28 bits per heavy atom. The van der Waals surface area contributed by atoms with Gasteiger partial charge in [0.15, 0.2) is 0 Å². The van der Waals surface area contributed by atoms with Crippen molar-refractivity contribution in [3.8, 4) is 5.75 Å². The molecule has 2 radical (unpaired) electrons. The maximum absolute atomic E-state index is 6.23. The van der Waals surface area contributed by atoms with E-state index in [9.17, 15) is 0 Å². The predicted octanol–water partition coefficient (Wildman–Crippen LogP) is 3.24. The minimum absolute atomic E-state index is 0.154. The van der Waals surface area contributed by atoms with Crippen LogP contribution < -0.4 is 10.5 Å². The van der Waals surface area contributed by atoms with Gasteiger partial charge >= 0.3 is 0 Å². The molecule has 1 aromatic rings. The van der Waals surface area contributed by atoms with Crippen LogP contribution in [0.1, 0.15) is 38.2 Å². The summed E-state index contributed by atoms with van der Waals surface area (Å²) in [4.78, 5) is 0. The summed E-state index contributed by atoms with van der Waals surface area (Å²) in [5.74, 6) is 0.924. The number of nitrogens with two attached hydrogens (primary N) is 1. The third-order valence-electron chi connectivity index (χ3n) is 3.13. The molecule has 0 aliphatic carbocycles. The van der Waals surface area contributed by atoms with Crippen LogP contribution in [0.3, 0.4) is 0 Å². The standard InChI is InChI=1S/C15H24BNO/c1-13-6-5-7-14(12-13)18-11-9-15(2,17)8-3-4-10-16/h5-7,12H,3-4,8-11,17H2,1-2H3. The summed E-state index contributed by atoms with van der Waals surface area (Å²) in [6, 6.07) is 8.10. The van der Waals surface area contributed by atoms with Gasteiger partial charge in [-0.25, -0.2) is 0 Å². The van der Waals surface area contributed by atoms with Crippen molar-refractivity contribution in [1.82, 2.24) is 0 Å². The Bertz CT molecular complexity index is 352. The molecule has 1 atom stereocenters. The fourth-order valence-electron chi connectivity index (χ4n) is 1.91. The predicted molar refractivity (Wildman–Crippen MR) is 78.3 cm³/mol. The van der Waals surface area contributed by atoms with E-state index in [4.69, 9.17) is 18.3 Å². The Labute approximate surface area is 112 Å². The molecule has 98 valence electrons. The van der Waals surface area contributed by atoms with Crippen molar-refractivity contribution in [1.29, 1.82) is 0 Å². The van der Waals surface area contributed by atoms with Crippen LogP contribution >= 0.6 is 0 Å². The van der Waals surface area contributed by atoms with Gasteiger partial charge in [0.2, 0.25) is 0 Å². The highest BCUT2D eigenvalue weighted by Gasteiger charge is 2.17. The molecule has 0 saturated carbocycles. The van der Waals surface area contributed by atoms with Crippen LogP contribution in [0.4, 0.5) is 0 Å². The van der Waals surface area contributed by atoms with Gasteiger partial charge in [0.25, 0.3) is 0 Å². The van der Waals surface area contributed by atoms with Crippen molar-refractivity contribution in [3.63, 3.8) is 0 Å². The van der Waals surface area contributed by atoms with E-state index in [0.29, 0.717) is 6.61 Å². The van der Waals surface area contributed by atoms with Gasteiger partial charge < -0.3 is 10.5 Å². The van der Waals surface area contributed by atoms with Crippen molar-refractivity contribution in [2.24, 2.45) is 5.73 Å². The number of hydrogen-bond donors (Lipinski definition) is 1. The fourth-order valence-corrected chi connectivity index (χ4v) is 1.91. The molecular weight excluding hydrogens is 221 g/mol. The number of ether oxygens (including phenoxy) is 1. The molecule has 0 bridgehead atoms. The molecular formula is C15H24BNO. The molecule has 0 heterocycles. The lowest BCUT2D eigenvalue weighted by Gasteiger charge is -2.24. The normalized spacial score (nSPS) is 14.2. The first kappa shape index (κ1) is 15.1. The summed E-state index contributed by atoms with van der Waals surface area (Å²) >= 11 is 0. The molecule has 1 aromatic carbocycles. The Morgan fingerprint density at radius 3 is 2.72 bits per heavy atom. The van der Waals surface area contributed by atoms with Gasteiger partial charge in [-0.1, -0.05) is 31.3 Å². The van der Waals surface area contributed by atoms with E-state index in [1.165, 1.54) is 5.56 Å². The summed E-state index contributed by atoms with van der Waals surface area (Å²) in [6.07, 6.45) is 4.75. The van der Waals surface area contributed by atoms with Crippen LogP contribution in [-0.2, 0) is 0 Å². The number of rotatable bonds is 8. The molecule has 0 spiro atoms. The maximum atomic E-state index is 6.23. The molecule has 0 amide bonds. The van der Waals surface area contributed by atoms with Crippen LogP contribution in [0.15, 0.2) is 24.3 Å². The molecule has 0 aliphatic rings. The van der Waals surface area contributed by atoms with Gasteiger partial charge in [-0.15, -0.1) is 0 Å². The van der Waals surface area contributed by atoms with Crippen molar-refractivity contribution >= 4 is 7.85 Å². The molecule has 18 heavy (non-hydrogen) atoms. The SMILES string of the molecule is [B]CCCCC(C)(N)CCOc1cccc(C)c1. The first-order valence-electron chi connectivity index (χ1n) is 6.72. The average Bonchev–Trinajstić information content (AvgIpc) is 2.29. The highest BCUT2D eigenvalue weighted by molar-refractivity contribution is 6.08. The van der Waals surface area contributed by atoms with Crippen LogP contribution in [0.2, 0.25) is 6.32 Å². The van der Waals surface area contributed by atoms with Crippen LogP contribution in [-0.4, -0.2) is 20.0 Å². The Kier molecular flexibility index (Phi) is 6.27. The zero-order valence-electron chi connectivity index (χ0n) is 11.6. The summed E-state index contributed by atoms with van der Waals surface area (Å²) in [5.41, 5.74) is 7.29. The fraction of sp³-hybridized carbons (Fsp3) is 0.600. The quantitative estimate of drug-likeness (QED) is 0.563. The van der Waals surface area contributed by atoms with Crippen molar-refractivity contribution in [2.75, 3.05) is 6.61 Å². The van der Waals surface area contributed by atoms with Gasteiger partial charge in [0.05, 0.1) is 14.5 Å². The van der Waals surface area contributed by atoms with Gasteiger partial charge in [0, 0.05) is 5.54 Å². The van der Waals surface area contributed by atoms with Crippen molar-refractivity contribution < 1.29 is 4.74 Å². The number of unbranched alkanes of at least 4 members (excludes halogenated alkanes) is 1. The molecule has 2 nitrogen and oxygen atoms in total. The van der Waals surface area contributed by atoms with Gasteiger partial charge in [-0.05, 0) is 44.4 Å². The molecule has 0 fully saturated rings. The molecule has 2 N–H and O–H groups in total. The smallest absolute Gasteiger partial charge is 0.119 e. The Hall–Kier alpha value is -0.955. The second-order valence-corrected chi connectivity index (χ2v) is 5.31. The lowest BCUT2D eigenvalue weighted by atomic mass is 9.90. The highest BCUT2D eigenvalue weighted by Crippen LogP contribution is 2.18. The molecule has 0 aromatic heterocycles. The molecule has 0 saturated heterocycles. The minimum Gasteiger partial charge on any atom is -0.494 e. The van der Waals surface area contributed by atoms with E-state index < -0.39 is 0 Å². The lowest BCUT2D eigenvalue weighted by molar-refractivity contribution is 0.256. The summed E-state index contributed by atoms with van der Waals surface area (Å²) in [5, 5.41) is 0. The zero-order valence-corrected chi connectivity index (χ0v) is 11.6. The first-order chi connectivity index (χ1) is 8.53. The second-order valence-electron chi connectivity index (χ2n) is 5.31. The third-order valence-corrected chi connectivity index (χ3v) is 3.13. The molecule has 3 heteroatoms. The van der Waals surface area contributed by atoms with E-state index >= 15 is 0 Å². The Balaban J connectivity index is 2.27. The highest BCUT2D eigenvalue weighted by atomic mass is 16.5.